The molecule has 1 aromatic rings. The maximum atomic E-state index is 12.4. The number of amides is 2. The van der Waals surface area contributed by atoms with Crippen LogP contribution in [0.25, 0.3) is 0 Å². The number of carbonyl (C=O) groups excluding carboxylic acids is 2. The van der Waals surface area contributed by atoms with Gasteiger partial charge in [0.15, 0.2) is 6.39 Å². The average Bonchev–Trinajstić information content (AvgIpc) is 3.02. The monoisotopic (exact) mass is 307 g/mol. The number of oxazole rings is 1. The lowest BCUT2D eigenvalue weighted by Crippen LogP contribution is -2.46. The number of aromatic nitrogens is 1. The molecule has 1 N–H and O–H groups in total. The summed E-state index contributed by atoms with van der Waals surface area (Å²) in [5, 5.41) is 2.85. The van der Waals surface area contributed by atoms with Crippen LogP contribution in [0.15, 0.2) is 10.8 Å². The van der Waals surface area contributed by atoms with E-state index < -0.39 is 0 Å². The van der Waals surface area contributed by atoms with Crippen LogP contribution in [0.5, 0.6) is 0 Å². The van der Waals surface area contributed by atoms with E-state index in [0.29, 0.717) is 25.3 Å². The fourth-order valence-corrected chi connectivity index (χ4v) is 2.67. The SMILES string of the molecule is Cc1ncoc1CNC(=O)C1CCCN1C(=O)CC(C)(C)C. The van der Waals surface area contributed by atoms with E-state index in [4.69, 9.17) is 4.42 Å². The number of hydrogen-bond acceptors (Lipinski definition) is 4. The second-order valence-corrected chi connectivity index (χ2v) is 7.06. The first-order valence-corrected chi connectivity index (χ1v) is 7.74. The van der Waals surface area contributed by atoms with Gasteiger partial charge in [0.25, 0.3) is 0 Å². The van der Waals surface area contributed by atoms with E-state index in [1.165, 1.54) is 6.39 Å². The molecule has 0 radical (unpaired) electrons. The minimum Gasteiger partial charge on any atom is -0.446 e. The zero-order chi connectivity index (χ0) is 16.3. The maximum Gasteiger partial charge on any atom is 0.243 e. The second-order valence-electron chi connectivity index (χ2n) is 7.06. The van der Waals surface area contributed by atoms with Gasteiger partial charge < -0.3 is 14.6 Å². The van der Waals surface area contributed by atoms with Crippen molar-refractivity contribution in [3.63, 3.8) is 0 Å². The molecule has 2 heterocycles. The highest BCUT2D eigenvalue weighted by Crippen LogP contribution is 2.24. The van der Waals surface area contributed by atoms with E-state index in [-0.39, 0.29) is 23.3 Å². The van der Waals surface area contributed by atoms with E-state index in [0.717, 1.165) is 18.5 Å². The predicted octanol–water partition coefficient (Wildman–Crippen LogP) is 2.03. The summed E-state index contributed by atoms with van der Waals surface area (Å²) in [6, 6.07) is -0.363. The third-order valence-electron chi connectivity index (χ3n) is 3.83. The zero-order valence-electron chi connectivity index (χ0n) is 13.8. The summed E-state index contributed by atoms with van der Waals surface area (Å²) in [6.07, 6.45) is 3.41. The molecule has 122 valence electrons. The van der Waals surface area contributed by atoms with Crippen molar-refractivity contribution in [3.8, 4) is 0 Å². The van der Waals surface area contributed by atoms with Gasteiger partial charge in [0.05, 0.1) is 12.2 Å². The summed E-state index contributed by atoms with van der Waals surface area (Å²) in [6.45, 7) is 8.89. The molecule has 0 spiro atoms. The molecule has 1 aliphatic rings. The van der Waals surface area contributed by atoms with Crippen LogP contribution in [-0.4, -0.2) is 34.3 Å². The fourth-order valence-electron chi connectivity index (χ4n) is 2.67. The van der Waals surface area contributed by atoms with Crippen molar-refractivity contribution in [2.45, 2.75) is 59.5 Å². The fraction of sp³-hybridized carbons (Fsp3) is 0.688. The summed E-state index contributed by atoms with van der Waals surface area (Å²) in [4.78, 5) is 30.5. The maximum absolute atomic E-state index is 12.4. The van der Waals surface area contributed by atoms with Crippen LogP contribution in [0.1, 0.15) is 51.5 Å². The number of rotatable bonds is 4. The molecule has 1 atom stereocenters. The molecule has 1 unspecified atom stereocenters. The van der Waals surface area contributed by atoms with Crippen LogP contribution in [0, 0.1) is 12.3 Å². The molecule has 1 saturated heterocycles. The summed E-state index contributed by atoms with van der Waals surface area (Å²) in [5.74, 6) is 0.593. The molecule has 0 aromatic carbocycles. The van der Waals surface area contributed by atoms with E-state index >= 15 is 0 Å². The van der Waals surface area contributed by atoms with Crippen LogP contribution in [0.3, 0.4) is 0 Å². The topological polar surface area (TPSA) is 75.4 Å². The molecule has 0 saturated carbocycles. The largest absolute Gasteiger partial charge is 0.446 e. The molecule has 1 aliphatic heterocycles. The minimum atomic E-state index is -0.363. The summed E-state index contributed by atoms with van der Waals surface area (Å²) < 4.78 is 5.21. The molecule has 2 rings (SSSR count). The third kappa shape index (κ3) is 4.08. The molecule has 1 fully saturated rings. The Morgan fingerprint density at radius 2 is 2.18 bits per heavy atom. The van der Waals surface area contributed by atoms with Crippen LogP contribution in [0.2, 0.25) is 0 Å². The Morgan fingerprint density at radius 1 is 1.45 bits per heavy atom. The van der Waals surface area contributed by atoms with Gasteiger partial charge in [0.1, 0.15) is 11.8 Å². The summed E-state index contributed by atoms with van der Waals surface area (Å²) in [5.41, 5.74) is 0.699. The third-order valence-corrected chi connectivity index (χ3v) is 3.83. The Morgan fingerprint density at radius 3 is 2.77 bits per heavy atom. The predicted molar refractivity (Wildman–Crippen MR) is 81.9 cm³/mol. The van der Waals surface area contributed by atoms with Crippen LogP contribution in [0.4, 0.5) is 0 Å². The second kappa shape index (κ2) is 6.50. The van der Waals surface area contributed by atoms with Gasteiger partial charge in [-0.2, -0.15) is 0 Å². The smallest absolute Gasteiger partial charge is 0.243 e. The molecule has 22 heavy (non-hydrogen) atoms. The molecule has 6 heteroatoms. The van der Waals surface area contributed by atoms with Crippen LogP contribution in [-0.2, 0) is 16.1 Å². The Hall–Kier alpha value is -1.85. The van der Waals surface area contributed by atoms with Gasteiger partial charge in [-0.15, -0.1) is 0 Å². The first kappa shape index (κ1) is 16.5. The minimum absolute atomic E-state index is 0.0565. The molecule has 1 aromatic heterocycles. The first-order valence-electron chi connectivity index (χ1n) is 7.74. The molecule has 2 amide bonds. The number of carbonyl (C=O) groups is 2. The Kier molecular flexibility index (Phi) is 4.88. The van der Waals surface area contributed by atoms with Crippen molar-refractivity contribution >= 4 is 11.8 Å². The summed E-state index contributed by atoms with van der Waals surface area (Å²) >= 11 is 0. The van der Waals surface area contributed by atoms with Crippen molar-refractivity contribution in [1.82, 2.24) is 15.2 Å². The lowest BCUT2D eigenvalue weighted by molar-refractivity contribution is -0.139. The highest BCUT2D eigenvalue weighted by Gasteiger charge is 2.35. The number of likely N-dealkylation sites (tertiary alicyclic amines) is 1. The van der Waals surface area contributed by atoms with Gasteiger partial charge in [0, 0.05) is 13.0 Å². The van der Waals surface area contributed by atoms with Crippen molar-refractivity contribution in [1.29, 1.82) is 0 Å². The van der Waals surface area contributed by atoms with Gasteiger partial charge in [0.2, 0.25) is 11.8 Å². The first-order chi connectivity index (χ1) is 10.3. The molecule has 0 bridgehead atoms. The highest BCUT2D eigenvalue weighted by atomic mass is 16.3. The Labute approximate surface area is 131 Å². The van der Waals surface area contributed by atoms with Gasteiger partial charge in [-0.05, 0) is 25.2 Å². The van der Waals surface area contributed by atoms with Crippen LogP contribution >= 0.6 is 0 Å². The zero-order valence-corrected chi connectivity index (χ0v) is 13.8. The molecular weight excluding hydrogens is 282 g/mol. The van der Waals surface area contributed by atoms with E-state index in [1.54, 1.807) is 4.90 Å². The van der Waals surface area contributed by atoms with Gasteiger partial charge >= 0.3 is 0 Å². The molecule has 0 aliphatic carbocycles. The van der Waals surface area contributed by atoms with Gasteiger partial charge in [-0.1, -0.05) is 20.8 Å². The van der Waals surface area contributed by atoms with Crippen molar-refractivity contribution < 1.29 is 14.0 Å². The standard InChI is InChI=1S/C16H25N3O3/c1-11-13(22-10-18-11)9-17-15(21)12-6-5-7-19(12)14(20)8-16(2,3)4/h10,12H,5-9H2,1-4H3,(H,17,21). The van der Waals surface area contributed by atoms with Gasteiger partial charge in [-0.3, -0.25) is 9.59 Å². The van der Waals surface area contributed by atoms with Crippen molar-refractivity contribution in [2.24, 2.45) is 5.41 Å². The molecule has 6 nitrogen and oxygen atoms in total. The number of aryl methyl sites for hydroxylation is 1. The average molecular weight is 307 g/mol. The lowest BCUT2D eigenvalue weighted by atomic mass is 9.91. The Bertz CT molecular complexity index is 545. The lowest BCUT2D eigenvalue weighted by Gasteiger charge is -2.27. The van der Waals surface area contributed by atoms with E-state index in [1.807, 2.05) is 27.7 Å². The Balaban J connectivity index is 1.93. The van der Waals surface area contributed by atoms with E-state index in [9.17, 15) is 9.59 Å². The summed E-state index contributed by atoms with van der Waals surface area (Å²) in [7, 11) is 0. The van der Waals surface area contributed by atoms with E-state index in [2.05, 4.69) is 10.3 Å². The van der Waals surface area contributed by atoms with Crippen molar-refractivity contribution in [3.05, 3.63) is 17.8 Å². The van der Waals surface area contributed by atoms with Gasteiger partial charge in [-0.25, -0.2) is 4.98 Å². The normalized spacial score (nSPS) is 18.5. The quantitative estimate of drug-likeness (QED) is 0.923. The number of hydrogen-bond donors (Lipinski definition) is 1. The number of nitrogens with one attached hydrogen (secondary N) is 1. The molecular formula is C16H25N3O3. The highest BCUT2D eigenvalue weighted by molar-refractivity contribution is 5.88. The number of nitrogens with zero attached hydrogens (tertiary/aromatic N) is 2. The van der Waals surface area contributed by atoms with Crippen LogP contribution < -0.4 is 5.32 Å². The van der Waals surface area contributed by atoms with Crippen molar-refractivity contribution in [2.75, 3.05) is 6.54 Å².